The predicted octanol–water partition coefficient (Wildman–Crippen LogP) is 14.0. The van der Waals surface area contributed by atoms with E-state index in [1.165, 1.54) is 44.1 Å². The molecule has 8 aromatic carbocycles. The molecule has 0 saturated carbocycles. The molecule has 0 amide bonds. The van der Waals surface area contributed by atoms with E-state index in [9.17, 15) is 0 Å². The average Bonchev–Trinajstić information content (AvgIpc) is 3.25. The number of hydrogen-bond acceptors (Lipinski definition) is 3. The summed E-state index contributed by atoms with van der Waals surface area (Å²) in [5.74, 6) is 0. The minimum absolute atomic E-state index is 0. The highest BCUT2D eigenvalue weighted by Crippen LogP contribution is 2.34. The maximum Gasteiger partial charge on any atom is 0.166 e. The minimum atomic E-state index is -0.0786. The second kappa shape index (κ2) is 28.3. The van der Waals surface area contributed by atoms with E-state index >= 15 is 0 Å². The third-order valence-electron chi connectivity index (χ3n) is 7.44. The maximum atomic E-state index is 2.27. The Kier molecular flexibility index (Phi) is 23.9. The van der Waals surface area contributed by atoms with Crippen LogP contribution in [0.25, 0.3) is 0 Å². The summed E-state index contributed by atoms with van der Waals surface area (Å²) in [5, 5.41) is 0. The molecule has 8 aromatic rings. The van der Waals surface area contributed by atoms with Crippen molar-refractivity contribution in [1.82, 2.24) is 0 Å². The van der Waals surface area contributed by atoms with E-state index in [1.807, 2.05) is 24.3 Å². The van der Waals surface area contributed by atoms with Crippen LogP contribution < -0.4 is 12.4 Å². The summed E-state index contributed by atoms with van der Waals surface area (Å²) in [5.41, 5.74) is 0. The molecule has 56 heavy (non-hydrogen) atoms. The zero-order valence-corrected chi connectivity index (χ0v) is 38.1. The third-order valence-corrected chi connectivity index (χ3v) is 12.7. The van der Waals surface area contributed by atoms with E-state index in [4.69, 9.17) is 0 Å². The van der Waals surface area contributed by atoms with Gasteiger partial charge in [-0.25, -0.2) is 0 Å². The molecule has 284 valence electrons. The van der Waals surface area contributed by atoms with E-state index in [1.54, 1.807) is 35.3 Å². The van der Waals surface area contributed by atoms with Crippen LogP contribution in [0.2, 0.25) is 0 Å². The predicted molar refractivity (Wildman–Crippen MR) is 261 cm³/mol. The zero-order chi connectivity index (χ0) is 37.5. The largest absolute Gasteiger partial charge is 1.00 e. The van der Waals surface area contributed by atoms with Crippen LogP contribution in [0, 0.1) is 0 Å². The smallest absolute Gasteiger partial charge is 0.166 e. The lowest BCUT2D eigenvalue weighted by molar-refractivity contribution is -0.0000105. The van der Waals surface area contributed by atoms with Crippen LogP contribution in [-0.2, 0) is 10.9 Å². The summed E-state index contributed by atoms with van der Waals surface area (Å²) < 4.78 is 0. The van der Waals surface area contributed by atoms with Crippen molar-refractivity contribution in [3.63, 3.8) is 0 Å². The van der Waals surface area contributed by atoms with Crippen molar-refractivity contribution in [2.24, 2.45) is 0 Å². The molecule has 0 bridgehead atoms. The Hall–Kier alpha value is -3.09. The van der Waals surface area contributed by atoms with Crippen LogP contribution in [0.4, 0.5) is 0 Å². The third kappa shape index (κ3) is 16.8. The monoisotopic (exact) mass is 1050 g/mol. The van der Waals surface area contributed by atoms with E-state index in [-0.39, 0.29) is 30.7 Å². The molecular formula is C49H43ClI2S4. The van der Waals surface area contributed by atoms with Gasteiger partial charge in [0.2, 0.25) is 0 Å². The van der Waals surface area contributed by atoms with Crippen LogP contribution in [0.15, 0.2) is 281 Å². The molecular weight excluding hydrogens is 1010 g/mol. The molecule has 0 aliphatic carbocycles. The number of benzene rings is 8. The van der Waals surface area contributed by atoms with Gasteiger partial charge in [-0.3, -0.25) is 0 Å². The molecule has 0 aromatic heterocycles. The van der Waals surface area contributed by atoms with E-state index in [2.05, 4.69) is 250 Å². The molecule has 0 N–H and O–H groups in total. The number of hydrogen-bond donors (Lipinski definition) is 0. The highest BCUT2D eigenvalue weighted by Gasteiger charge is 2.28. The van der Waals surface area contributed by atoms with E-state index in [0.29, 0.717) is 0 Å². The van der Waals surface area contributed by atoms with Crippen molar-refractivity contribution in [3.8, 4) is 0 Å². The van der Waals surface area contributed by atoms with Gasteiger partial charge in [-0.2, -0.15) is 0 Å². The molecule has 0 heterocycles. The summed E-state index contributed by atoms with van der Waals surface area (Å²) in [6.07, 6.45) is 0. The average molecular weight is 1050 g/mol. The Morgan fingerprint density at radius 3 is 0.661 bits per heavy atom. The van der Waals surface area contributed by atoms with Crippen molar-refractivity contribution in [2.75, 3.05) is 0 Å². The van der Waals surface area contributed by atoms with Crippen LogP contribution in [0.1, 0.15) is 7.43 Å². The summed E-state index contributed by atoms with van der Waals surface area (Å²) >= 11 is 9.62. The zero-order valence-electron chi connectivity index (χ0n) is 29.8. The van der Waals surface area contributed by atoms with Gasteiger partial charge >= 0.3 is 0 Å². The normalized spacial score (nSPS) is 9.70. The topological polar surface area (TPSA) is 0 Å². The van der Waals surface area contributed by atoms with Gasteiger partial charge in [0, 0.05) is 66.6 Å². The Morgan fingerprint density at radius 1 is 0.250 bits per heavy atom. The molecule has 0 fully saturated rings. The molecule has 8 rings (SSSR count). The van der Waals surface area contributed by atoms with Crippen molar-refractivity contribution in [2.45, 2.75) is 51.5 Å². The lowest BCUT2D eigenvalue weighted by Gasteiger charge is -2.08. The van der Waals surface area contributed by atoms with Crippen LogP contribution >= 0.6 is 72.5 Å². The maximum absolute atomic E-state index is 2.27. The molecule has 7 heteroatoms. The number of rotatable bonds is 9. The Bertz CT molecular complexity index is 1940. The summed E-state index contributed by atoms with van der Waals surface area (Å²) in [4.78, 5) is 11.7. The second-order valence-electron chi connectivity index (χ2n) is 11.3. The van der Waals surface area contributed by atoms with Crippen molar-refractivity contribution >= 4 is 83.4 Å². The SMILES string of the molecule is C.II.[Cl-].c1ccc(Sc2ccc([S+](c3ccccc3)c3ccccc3)cc2)cc1.c1ccc(Sc2ccccc2)cc1.c1ccc(Sc2ccccc2)cc1. The van der Waals surface area contributed by atoms with Gasteiger partial charge in [0.1, 0.15) is 0 Å². The van der Waals surface area contributed by atoms with Crippen molar-refractivity contribution < 1.29 is 12.4 Å². The molecule has 0 aliphatic heterocycles. The fourth-order valence-electron chi connectivity index (χ4n) is 5.02. The first-order valence-corrected chi connectivity index (χ1v) is 27.1. The molecule has 0 nitrogen and oxygen atoms in total. The molecule has 0 saturated heterocycles. The fraction of sp³-hybridized carbons (Fsp3) is 0.0204. The summed E-state index contributed by atoms with van der Waals surface area (Å²) in [6, 6.07) is 82.7. The van der Waals surface area contributed by atoms with Gasteiger partial charge in [-0.15, -0.1) is 0 Å². The lowest BCUT2D eigenvalue weighted by atomic mass is 10.3. The standard InChI is InChI=1S/C24H19S2.2C12H10S.CH4.ClH.I2/c1-4-10-20(11-5-1)25-21-16-18-24(19-17-21)26(22-12-6-2-7-13-22)23-14-8-3-9-15-23;2*1-3-7-11(8-4-1)13-12-9-5-2-6-10-12;;;1-2/h1-19H;2*1-10H;1H4;1H;/q+1;;;;;/p-1. The molecule has 0 aliphatic rings. The first kappa shape index (κ1) is 47.3. The van der Waals surface area contributed by atoms with Crippen molar-refractivity contribution in [1.29, 1.82) is 0 Å². The van der Waals surface area contributed by atoms with Gasteiger partial charge in [0.15, 0.2) is 14.7 Å². The number of halogens is 3. The van der Waals surface area contributed by atoms with Crippen LogP contribution in [-0.4, -0.2) is 0 Å². The van der Waals surface area contributed by atoms with Gasteiger partial charge in [-0.1, -0.05) is 170 Å². The van der Waals surface area contributed by atoms with Crippen LogP contribution in [0.3, 0.4) is 0 Å². The van der Waals surface area contributed by atoms with Gasteiger partial charge in [0.05, 0.1) is 10.9 Å². The van der Waals surface area contributed by atoms with Crippen molar-refractivity contribution in [3.05, 3.63) is 237 Å². The second-order valence-corrected chi connectivity index (χ2v) is 16.7. The molecule has 0 spiro atoms. The van der Waals surface area contributed by atoms with Gasteiger partial charge in [-0.05, 0) is 109 Å². The van der Waals surface area contributed by atoms with E-state index < -0.39 is 0 Å². The van der Waals surface area contributed by atoms with Crippen LogP contribution in [0.5, 0.6) is 0 Å². The Labute approximate surface area is 379 Å². The van der Waals surface area contributed by atoms with Gasteiger partial charge < -0.3 is 12.4 Å². The highest BCUT2D eigenvalue weighted by molar-refractivity contribution is 15.0. The first-order chi connectivity index (χ1) is 26.8. The summed E-state index contributed by atoms with van der Waals surface area (Å²) in [6.45, 7) is 0. The fourth-order valence-corrected chi connectivity index (χ4v) is 9.65. The van der Waals surface area contributed by atoms with E-state index in [0.717, 1.165) is 0 Å². The highest BCUT2D eigenvalue weighted by atomic mass is 128. The minimum Gasteiger partial charge on any atom is -1.00 e. The Morgan fingerprint density at radius 2 is 0.429 bits per heavy atom. The van der Waals surface area contributed by atoms with Gasteiger partial charge in [0.25, 0.3) is 0 Å². The molecule has 0 atom stereocenters. The molecule has 0 unspecified atom stereocenters. The quantitative estimate of drug-likeness (QED) is 0.104. The first-order valence-electron chi connectivity index (χ1n) is 17.2. The Balaban J connectivity index is 0.000000237. The summed E-state index contributed by atoms with van der Waals surface area (Å²) in [7, 11) is -0.0786. The molecule has 0 radical (unpaired) electrons. The lowest BCUT2D eigenvalue weighted by Crippen LogP contribution is -3.00.